The van der Waals surface area contributed by atoms with E-state index in [0.29, 0.717) is 0 Å². The molecule has 0 fully saturated rings. The number of pyridine rings is 1. The fourth-order valence-corrected chi connectivity index (χ4v) is 1.93. The zero-order valence-electron chi connectivity index (χ0n) is 9.34. The van der Waals surface area contributed by atoms with Gasteiger partial charge in [0.05, 0.1) is 19.0 Å². The SMILES string of the molecule is COc1ccc(-c2cccnc2)c2nc[nH]c12. The van der Waals surface area contributed by atoms with Crippen molar-refractivity contribution in [3.63, 3.8) is 0 Å². The second-order valence-corrected chi connectivity index (χ2v) is 3.68. The summed E-state index contributed by atoms with van der Waals surface area (Å²) in [5, 5.41) is 0. The van der Waals surface area contributed by atoms with Crippen molar-refractivity contribution < 1.29 is 4.74 Å². The molecule has 4 nitrogen and oxygen atoms in total. The maximum atomic E-state index is 5.29. The van der Waals surface area contributed by atoms with Gasteiger partial charge in [-0.2, -0.15) is 0 Å². The first kappa shape index (κ1) is 9.84. The maximum absolute atomic E-state index is 5.29. The number of H-pyrrole nitrogens is 1. The van der Waals surface area contributed by atoms with Crippen LogP contribution in [0, 0.1) is 0 Å². The number of imidazole rings is 1. The number of aromatic amines is 1. The van der Waals surface area contributed by atoms with Crippen LogP contribution in [-0.4, -0.2) is 22.1 Å². The molecule has 3 aromatic rings. The van der Waals surface area contributed by atoms with Gasteiger partial charge in [0, 0.05) is 23.5 Å². The smallest absolute Gasteiger partial charge is 0.144 e. The number of hydrogen-bond donors (Lipinski definition) is 1. The molecule has 0 bridgehead atoms. The average Bonchev–Trinajstić information content (AvgIpc) is 2.88. The summed E-state index contributed by atoms with van der Waals surface area (Å²) in [6.07, 6.45) is 5.26. The molecule has 1 aromatic carbocycles. The predicted molar refractivity (Wildman–Crippen MR) is 65.9 cm³/mol. The Morgan fingerprint density at radius 3 is 2.94 bits per heavy atom. The number of benzene rings is 1. The highest BCUT2D eigenvalue weighted by Crippen LogP contribution is 2.31. The molecule has 0 saturated carbocycles. The second-order valence-electron chi connectivity index (χ2n) is 3.68. The molecule has 0 spiro atoms. The lowest BCUT2D eigenvalue weighted by atomic mass is 10.1. The first-order valence-corrected chi connectivity index (χ1v) is 5.30. The number of aromatic nitrogens is 3. The van der Waals surface area contributed by atoms with Gasteiger partial charge in [0.15, 0.2) is 0 Å². The molecular weight excluding hydrogens is 214 g/mol. The summed E-state index contributed by atoms with van der Waals surface area (Å²) in [5.41, 5.74) is 3.91. The van der Waals surface area contributed by atoms with Crippen LogP contribution in [0.1, 0.15) is 0 Å². The molecule has 0 unspecified atom stereocenters. The van der Waals surface area contributed by atoms with Crippen LogP contribution in [0.25, 0.3) is 22.2 Å². The molecule has 0 amide bonds. The van der Waals surface area contributed by atoms with Crippen LogP contribution < -0.4 is 4.74 Å². The predicted octanol–water partition coefficient (Wildman–Crippen LogP) is 2.63. The van der Waals surface area contributed by atoms with Crippen LogP contribution in [0.4, 0.5) is 0 Å². The van der Waals surface area contributed by atoms with Crippen molar-refractivity contribution in [2.45, 2.75) is 0 Å². The van der Waals surface area contributed by atoms with Crippen LogP contribution in [-0.2, 0) is 0 Å². The second kappa shape index (κ2) is 3.90. The van der Waals surface area contributed by atoms with E-state index in [1.165, 1.54) is 0 Å². The number of nitrogens with zero attached hydrogens (tertiary/aromatic N) is 2. The van der Waals surface area contributed by atoms with E-state index in [-0.39, 0.29) is 0 Å². The fourth-order valence-electron chi connectivity index (χ4n) is 1.93. The summed E-state index contributed by atoms with van der Waals surface area (Å²) in [6, 6.07) is 7.86. The number of nitrogens with one attached hydrogen (secondary N) is 1. The Labute approximate surface area is 98.3 Å². The Morgan fingerprint density at radius 2 is 2.18 bits per heavy atom. The topological polar surface area (TPSA) is 50.8 Å². The molecule has 2 aromatic heterocycles. The van der Waals surface area contributed by atoms with E-state index in [0.717, 1.165) is 27.9 Å². The summed E-state index contributed by atoms with van der Waals surface area (Å²) in [6.45, 7) is 0. The first-order valence-electron chi connectivity index (χ1n) is 5.30. The normalized spacial score (nSPS) is 10.6. The molecule has 0 radical (unpaired) electrons. The summed E-state index contributed by atoms with van der Waals surface area (Å²) in [7, 11) is 1.65. The Balaban J connectivity index is 2.29. The van der Waals surface area contributed by atoms with Gasteiger partial charge in [-0.05, 0) is 18.2 Å². The van der Waals surface area contributed by atoms with Gasteiger partial charge in [-0.25, -0.2) is 4.98 Å². The third-order valence-electron chi connectivity index (χ3n) is 2.73. The van der Waals surface area contributed by atoms with Crippen LogP contribution >= 0.6 is 0 Å². The lowest BCUT2D eigenvalue weighted by Crippen LogP contribution is -1.87. The summed E-state index contributed by atoms with van der Waals surface area (Å²) in [4.78, 5) is 11.6. The van der Waals surface area contributed by atoms with Gasteiger partial charge in [-0.1, -0.05) is 6.07 Å². The Hall–Kier alpha value is -2.36. The maximum Gasteiger partial charge on any atom is 0.144 e. The minimum Gasteiger partial charge on any atom is -0.494 e. The molecule has 84 valence electrons. The molecule has 0 atom stereocenters. The summed E-state index contributed by atoms with van der Waals surface area (Å²) in [5.74, 6) is 0.796. The van der Waals surface area contributed by atoms with Crippen molar-refractivity contribution in [3.05, 3.63) is 43.0 Å². The highest BCUT2D eigenvalue weighted by Gasteiger charge is 2.10. The standard InChI is InChI=1S/C13H11N3O/c1-17-11-5-4-10(9-3-2-6-14-7-9)12-13(11)16-8-15-12/h2-8H,1H3,(H,15,16). The van der Waals surface area contributed by atoms with Crippen LogP contribution in [0.15, 0.2) is 43.0 Å². The van der Waals surface area contributed by atoms with E-state index in [4.69, 9.17) is 4.74 Å². The van der Waals surface area contributed by atoms with Gasteiger partial charge < -0.3 is 9.72 Å². The molecule has 2 heterocycles. The van der Waals surface area contributed by atoms with Crippen molar-refractivity contribution in [3.8, 4) is 16.9 Å². The Kier molecular flexibility index (Phi) is 2.26. The van der Waals surface area contributed by atoms with Crippen molar-refractivity contribution >= 4 is 11.0 Å². The van der Waals surface area contributed by atoms with Gasteiger partial charge in [0.2, 0.25) is 0 Å². The lowest BCUT2D eigenvalue weighted by molar-refractivity contribution is 0.419. The van der Waals surface area contributed by atoms with Crippen LogP contribution in [0.2, 0.25) is 0 Å². The van der Waals surface area contributed by atoms with E-state index in [2.05, 4.69) is 15.0 Å². The highest BCUT2D eigenvalue weighted by molar-refractivity contribution is 5.94. The van der Waals surface area contributed by atoms with Crippen molar-refractivity contribution in [2.24, 2.45) is 0 Å². The van der Waals surface area contributed by atoms with Gasteiger partial charge >= 0.3 is 0 Å². The molecular formula is C13H11N3O. The monoisotopic (exact) mass is 225 g/mol. The van der Waals surface area contributed by atoms with Crippen LogP contribution in [0.3, 0.4) is 0 Å². The molecule has 0 aliphatic heterocycles. The molecule has 17 heavy (non-hydrogen) atoms. The molecule has 4 heteroatoms. The molecule has 0 aliphatic carbocycles. The third-order valence-corrected chi connectivity index (χ3v) is 2.73. The van der Waals surface area contributed by atoms with Gasteiger partial charge in [0.1, 0.15) is 11.3 Å². The minimum absolute atomic E-state index is 0.796. The van der Waals surface area contributed by atoms with E-state index in [1.54, 1.807) is 19.6 Å². The third kappa shape index (κ3) is 1.54. The Morgan fingerprint density at radius 1 is 1.24 bits per heavy atom. The van der Waals surface area contributed by atoms with E-state index >= 15 is 0 Å². The quantitative estimate of drug-likeness (QED) is 0.729. The van der Waals surface area contributed by atoms with E-state index in [9.17, 15) is 0 Å². The lowest BCUT2D eigenvalue weighted by Gasteiger charge is -2.05. The molecule has 1 N–H and O–H groups in total. The average molecular weight is 225 g/mol. The molecule has 3 rings (SSSR count). The minimum atomic E-state index is 0.796. The van der Waals surface area contributed by atoms with E-state index < -0.39 is 0 Å². The Bertz CT molecular complexity index is 646. The zero-order valence-corrected chi connectivity index (χ0v) is 9.34. The largest absolute Gasteiger partial charge is 0.494 e. The van der Waals surface area contributed by atoms with Crippen molar-refractivity contribution in [1.82, 2.24) is 15.0 Å². The van der Waals surface area contributed by atoms with Gasteiger partial charge in [-0.3, -0.25) is 4.98 Å². The van der Waals surface area contributed by atoms with Crippen molar-refractivity contribution in [2.75, 3.05) is 7.11 Å². The van der Waals surface area contributed by atoms with E-state index in [1.807, 2.05) is 30.5 Å². The first-order chi connectivity index (χ1) is 8.40. The number of fused-ring (bicyclic) bond motifs is 1. The van der Waals surface area contributed by atoms with Gasteiger partial charge in [0.25, 0.3) is 0 Å². The van der Waals surface area contributed by atoms with Gasteiger partial charge in [-0.15, -0.1) is 0 Å². The zero-order chi connectivity index (χ0) is 11.7. The number of methoxy groups -OCH3 is 1. The summed E-state index contributed by atoms with van der Waals surface area (Å²) >= 11 is 0. The number of hydrogen-bond acceptors (Lipinski definition) is 3. The molecule has 0 aliphatic rings. The number of rotatable bonds is 2. The summed E-state index contributed by atoms with van der Waals surface area (Å²) < 4.78 is 5.29. The van der Waals surface area contributed by atoms with Crippen LogP contribution in [0.5, 0.6) is 5.75 Å². The van der Waals surface area contributed by atoms with Crippen molar-refractivity contribution in [1.29, 1.82) is 0 Å². The number of ether oxygens (including phenoxy) is 1. The fraction of sp³-hybridized carbons (Fsp3) is 0.0769. The molecule has 0 saturated heterocycles. The highest BCUT2D eigenvalue weighted by atomic mass is 16.5.